The summed E-state index contributed by atoms with van der Waals surface area (Å²) in [5, 5.41) is 0. The van der Waals surface area contributed by atoms with Gasteiger partial charge in [0.05, 0.1) is 0 Å². The molecular formula is C16H19N. The zero-order valence-corrected chi connectivity index (χ0v) is 11.0. The summed E-state index contributed by atoms with van der Waals surface area (Å²) in [4.78, 5) is 0. The van der Waals surface area contributed by atoms with Gasteiger partial charge in [-0.1, -0.05) is 23.8 Å². The average Bonchev–Trinajstić information content (AvgIpc) is 2.13. The van der Waals surface area contributed by atoms with Crippen molar-refractivity contribution in [3.8, 4) is 11.1 Å². The highest BCUT2D eigenvalue weighted by atomic mass is 14.5. The minimum absolute atomic E-state index is 0.833. The Morgan fingerprint density at radius 3 is 1.76 bits per heavy atom. The van der Waals surface area contributed by atoms with E-state index in [1.165, 1.54) is 33.4 Å². The van der Waals surface area contributed by atoms with Crippen molar-refractivity contribution in [3.05, 3.63) is 52.6 Å². The van der Waals surface area contributed by atoms with Crippen molar-refractivity contribution >= 4 is 5.69 Å². The summed E-state index contributed by atoms with van der Waals surface area (Å²) in [6.45, 7) is 8.54. The van der Waals surface area contributed by atoms with Crippen molar-refractivity contribution in [3.63, 3.8) is 0 Å². The third-order valence-electron chi connectivity index (χ3n) is 3.07. The quantitative estimate of drug-likeness (QED) is 0.724. The van der Waals surface area contributed by atoms with E-state index in [1.54, 1.807) is 0 Å². The van der Waals surface area contributed by atoms with Gasteiger partial charge < -0.3 is 5.73 Å². The lowest BCUT2D eigenvalue weighted by Crippen LogP contribution is -1.93. The Hall–Kier alpha value is -1.76. The largest absolute Gasteiger partial charge is 0.399 e. The van der Waals surface area contributed by atoms with E-state index in [2.05, 4.69) is 52.0 Å². The lowest BCUT2D eigenvalue weighted by molar-refractivity contribution is 1.32. The summed E-state index contributed by atoms with van der Waals surface area (Å²) in [6.07, 6.45) is 0. The maximum atomic E-state index is 5.93. The van der Waals surface area contributed by atoms with E-state index in [-0.39, 0.29) is 0 Å². The SMILES string of the molecule is Cc1cc(N)cc(-c2c(C)cc(C)cc2C)c1. The Kier molecular flexibility index (Phi) is 2.93. The molecule has 1 nitrogen and oxygen atoms in total. The first-order valence-corrected chi connectivity index (χ1v) is 5.93. The van der Waals surface area contributed by atoms with Crippen LogP contribution in [0, 0.1) is 27.7 Å². The Morgan fingerprint density at radius 1 is 0.706 bits per heavy atom. The van der Waals surface area contributed by atoms with Crippen molar-refractivity contribution in [2.24, 2.45) is 0 Å². The summed E-state index contributed by atoms with van der Waals surface area (Å²) in [5.41, 5.74) is 14.4. The Labute approximate surface area is 103 Å². The van der Waals surface area contributed by atoms with Crippen molar-refractivity contribution < 1.29 is 0 Å². The first kappa shape index (κ1) is 11.7. The predicted molar refractivity (Wildman–Crippen MR) is 75.2 cm³/mol. The molecule has 0 radical (unpaired) electrons. The number of benzene rings is 2. The standard InChI is InChI=1S/C16H19N/c1-10-5-12(3)16(13(4)6-10)14-7-11(2)8-15(17)9-14/h5-9H,17H2,1-4H3. The fourth-order valence-electron chi connectivity index (χ4n) is 2.59. The number of nitrogens with two attached hydrogens (primary N) is 1. The van der Waals surface area contributed by atoms with Crippen LogP contribution in [0.1, 0.15) is 22.3 Å². The van der Waals surface area contributed by atoms with Crippen molar-refractivity contribution in [2.75, 3.05) is 5.73 Å². The monoisotopic (exact) mass is 225 g/mol. The molecule has 88 valence electrons. The summed E-state index contributed by atoms with van der Waals surface area (Å²) in [6, 6.07) is 10.7. The lowest BCUT2D eigenvalue weighted by Gasteiger charge is -2.13. The van der Waals surface area contributed by atoms with Crippen LogP contribution in [0.25, 0.3) is 11.1 Å². The molecule has 0 aliphatic carbocycles. The first-order chi connectivity index (χ1) is 7.97. The van der Waals surface area contributed by atoms with Crippen LogP contribution in [0.3, 0.4) is 0 Å². The number of aryl methyl sites for hydroxylation is 4. The van der Waals surface area contributed by atoms with Gasteiger partial charge in [0, 0.05) is 5.69 Å². The zero-order chi connectivity index (χ0) is 12.6. The van der Waals surface area contributed by atoms with Gasteiger partial charge in [-0.05, 0) is 67.6 Å². The Balaban J connectivity index is 2.68. The third kappa shape index (κ3) is 2.33. The van der Waals surface area contributed by atoms with E-state index in [0.29, 0.717) is 0 Å². The van der Waals surface area contributed by atoms with Crippen LogP contribution >= 0.6 is 0 Å². The third-order valence-corrected chi connectivity index (χ3v) is 3.07. The number of rotatable bonds is 1. The molecule has 0 unspecified atom stereocenters. The molecular weight excluding hydrogens is 206 g/mol. The first-order valence-electron chi connectivity index (χ1n) is 5.93. The van der Waals surface area contributed by atoms with Crippen molar-refractivity contribution in [1.82, 2.24) is 0 Å². The van der Waals surface area contributed by atoms with Gasteiger partial charge in [-0.2, -0.15) is 0 Å². The molecule has 0 amide bonds. The van der Waals surface area contributed by atoms with Crippen LogP contribution in [-0.4, -0.2) is 0 Å². The second-order valence-electron chi connectivity index (χ2n) is 4.91. The van der Waals surface area contributed by atoms with E-state index in [9.17, 15) is 0 Å². The van der Waals surface area contributed by atoms with E-state index in [0.717, 1.165) is 5.69 Å². The number of anilines is 1. The highest BCUT2D eigenvalue weighted by molar-refractivity contribution is 5.74. The van der Waals surface area contributed by atoms with Crippen LogP contribution in [0.2, 0.25) is 0 Å². The summed E-state index contributed by atoms with van der Waals surface area (Å²) < 4.78 is 0. The molecule has 0 atom stereocenters. The van der Waals surface area contributed by atoms with Crippen LogP contribution < -0.4 is 5.73 Å². The average molecular weight is 225 g/mol. The Morgan fingerprint density at radius 2 is 1.24 bits per heavy atom. The maximum Gasteiger partial charge on any atom is 0.0322 e. The van der Waals surface area contributed by atoms with E-state index >= 15 is 0 Å². The molecule has 0 aromatic heterocycles. The smallest absolute Gasteiger partial charge is 0.0322 e. The van der Waals surface area contributed by atoms with Gasteiger partial charge in [0.2, 0.25) is 0 Å². The number of hydrogen-bond donors (Lipinski definition) is 1. The van der Waals surface area contributed by atoms with Gasteiger partial charge in [-0.3, -0.25) is 0 Å². The molecule has 0 spiro atoms. The van der Waals surface area contributed by atoms with Gasteiger partial charge in [0.25, 0.3) is 0 Å². The van der Waals surface area contributed by atoms with Crippen LogP contribution in [-0.2, 0) is 0 Å². The lowest BCUT2D eigenvalue weighted by atomic mass is 9.93. The molecule has 2 rings (SSSR count). The van der Waals surface area contributed by atoms with E-state index in [4.69, 9.17) is 5.73 Å². The van der Waals surface area contributed by atoms with Crippen molar-refractivity contribution in [1.29, 1.82) is 0 Å². The van der Waals surface area contributed by atoms with Gasteiger partial charge in [-0.15, -0.1) is 0 Å². The number of nitrogen functional groups attached to an aromatic ring is 1. The fraction of sp³-hybridized carbons (Fsp3) is 0.250. The zero-order valence-electron chi connectivity index (χ0n) is 11.0. The van der Waals surface area contributed by atoms with Gasteiger partial charge >= 0.3 is 0 Å². The minimum atomic E-state index is 0.833. The second-order valence-corrected chi connectivity index (χ2v) is 4.91. The molecule has 0 heterocycles. The highest BCUT2D eigenvalue weighted by Gasteiger charge is 2.07. The van der Waals surface area contributed by atoms with Crippen molar-refractivity contribution in [2.45, 2.75) is 27.7 Å². The number of hydrogen-bond acceptors (Lipinski definition) is 1. The molecule has 2 N–H and O–H groups in total. The molecule has 1 heteroatoms. The topological polar surface area (TPSA) is 26.0 Å². The fourth-order valence-corrected chi connectivity index (χ4v) is 2.59. The predicted octanol–water partition coefficient (Wildman–Crippen LogP) is 4.17. The van der Waals surface area contributed by atoms with Crippen LogP contribution in [0.4, 0.5) is 5.69 Å². The molecule has 2 aromatic carbocycles. The maximum absolute atomic E-state index is 5.93. The normalized spacial score (nSPS) is 10.6. The van der Waals surface area contributed by atoms with Crippen LogP contribution in [0.5, 0.6) is 0 Å². The minimum Gasteiger partial charge on any atom is -0.399 e. The molecule has 0 bridgehead atoms. The highest BCUT2D eigenvalue weighted by Crippen LogP contribution is 2.30. The molecule has 2 aromatic rings. The molecule has 0 saturated carbocycles. The van der Waals surface area contributed by atoms with E-state index < -0.39 is 0 Å². The summed E-state index contributed by atoms with van der Waals surface area (Å²) >= 11 is 0. The summed E-state index contributed by atoms with van der Waals surface area (Å²) in [7, 11) is 0. The molecule has 0 fully saturated rings. The van der Waals surface area contributed by atoms with Gasteiger partial charge in [0.15, 0.2) is 0 Å². The molecule has 17 heavy (non-hydrogen) atoms. The van der Waals surface area contributed by atoms with E-state index in [1.807, 2.05) is 6.07 Å². The Bertz CT molecular complexity index is 524. The van der Waals surface area contributed by atoms with Crippen LogP contribution in [0.15, 0.2) is 30.3 Å². The molecule has 0 saturated heterocycles. The second kappa shape index (κ2) is 4.25. The van der Waals surface area contributed by atoms with Gasteiger partial charge in [-0.25, -0.2) is 0 Å². The summed E-state index contributed by atoms with van der Waals surface area (Å²) in [5.74, 6) is 0. The molecule has 0 aliphatic rings. The van der Waals surface area contributed by atoms with Gasteiger partial charge in [0.1, 0.15) is 0 Å². The molecule has 0 aliphatic heterocycles.